The van der Waals surface area contributed by atoms with Crippen LogP contribution in [0.3, 0.4) is 0 Å². The number of carboxylic acids is 1. The van der Waals surface area contributed by atoms with Crippen molar-refractivity contribution < 1.29 is 9.90 Å². The van der Waals surface area contributed by atoms with E-state index in [1.807, 2.05) is 24.6 Å². The number of aromatic nitrogens is 3. The summed E-state index contributed by atoms with van der Waals surface area (Å²) in [6.07, 6.45) is 0. The molecule has 6 heteroatoms. The Bertz CT molecular complexity index is 530. The summed E-state index contributed by atoms with van der Waals surface area (Å²) < 4.78 is 1.82. The van der Waals surface area contributed by atoms with Crippen LogP contribution in [-0.4, -0.2) is 25.8 Å². The lowest BCUT2D eigenvalue weighted by molar-refractivity contribution is 0.0696. The first kappa shape index (κ1) is 10.8. The highest BCUT2D eigenvalue weighted by atomic mass is 32.1. The molecule has 0 saturated carbocycles. The number of aryl methyl sites for hydroxylation is 2. The summed E-state index contributed by atoms with van der Waals surface area (Å²) in [6.45, 7) is 4.40. The zero-order valence-electron chi connectivity index (χ0n) is 8.97. The number of carboxylic acid groups (broad SMARTS) is 1. The van der Waals surface area contributed by atoms with Crippen molar-refractivity contribution >= 4 is 17.3 Å². The molecule has 2 aromatic heterocycles. The van der Waals surface area contributed by atoms with Crippen molar-refractivity contribution in [3.8, 4) is 0 Å². The van der Waals surface area contributed by atoms with Crippen LogP contribution in [0.4, 0.5) is 0 Å². The maximum absolute atomic E-state index is 10.7. The predicted molar refractivity (Wildman–Crippen MR) is 59.9 cm³/mol. The summed E-state index contributed by atoms with van der Waals surface area (Å²) in [7, 11) is 0. The SMILES string of the molecule is Cc1cc(C)n(Cc2csc(C(=O)O)n2)n1. The van der Waals surface area contributed by atoms with Gasteiger partial charge in [0, 0.05) is 11.1 Å². The molecule has 2 heterocycles. The highest BCUT2D eigenvalue weighted by Gasteiger charge is 2.10. The van der Waals surface area contributed by atoms with Crippen LogP contribution in [0, 0.1) is 13.8 Å². The number of carbonyl (C=O) groups is 1. The van der Waals surface area contributed by atoms with Gasteiger partial charge in [0.25, 0.3) is 0 Å². The smallest absolute Gasteiger partial charge is 0.365 e. The normalized spacial score (nSPS) is 10.6. The second kappa shape index (κ2) is 4.05. The molecule has 1 N–H and O–H groups in total. The Kier molecular flexibility index (Phi) is 2.74. The summed E-state index contributed by atoms with van der Waals surface area (Å²) in [5.74, 6) is -0.982. The Hall–Kier alpha value is -1.69. The molecule has 0 atom stereocenters. The van der Waals surface area contributed by atoms with Crippen molar-refractivity contribution in [3.05, 3.63) is 33.5 Å². The van der Waals surface area contributed by atoms with Crippen LogP contribution < -0.4 is 0 Å². The van der Waals surface area contributed by atoms with E-state index in [0.29, 0.717) is 6.54 Å². The van der Waals surface area contributed by atoms with Crippen LogP contribution in [0.5, 0.6) is 0 Å². The fourth-order valence-corrected chi connectivity index (χ4v) is 2.11. The Morgan fingerprint density at radius 3 is 2.81 bits per heavy atom. The molecule has 0 aliphatic carbocycles. The number of hydrogen-bond acceptors (Lipinski definition) is 4. The van der Waals surface area contributed by atoms with Gasteiger partial charge in [-0.05, 0) is 19.9 Å². The molecule has 0 radical (unpaired) electrons. The van der Waals surface area contributed by atoms with Gasteiger partial charge in [-0.15, -0.1) is 11.3 Å². The van der Waals surface area contributed by atoms with E-state index in [-0.39, 0.29) is 5.01 Å². The molecule has 0 amide bonds. The van der Waals surface area contributed by atoms with Crippen molar-refractivity contribution in [2.75, 3.05) is 0 Å². The van der Waals surface area contributed by atoms with Crippen molar-refractivity contribution in [3.63, 3.8) is 0 Å². The highest BCUT2D eigenvalue weighted by Crippen LogP contribution is 2.12. The molecule has 84 valence electrons. The third kappa shape index (κ3) is 2.11. The second-order valence-corrected chi connectivity index (χ2v) is 4.39. The molecule has 0 aromatic carbocycles. The standard InChI is InChI=1S/C10H11N3O2S/c1-6-3-7(2)13(12-6)4-8-5-16-9(11-8)10(14)15/h3,5H,4H2,1-2H3,(H,14,15). The Morgan fingerprint density at radius 1 is 1.56 bits per heavy atom. The van der Waals surface area contributed by atoms with Crippen LogP contribution in [0.2, 0.25) is 0 Å². The molecule has 2 rings (SSSR count). The van der Waals surface area contributed by atoms with Gasteiger partial charge in [-0.2, -0.15) is 5.10 Å². The van der Waals surface area contributed by atoms with Crippen LogP contribution in [0.1, 0.15) is 26.9 Å². The molecular formula is C10H11N3O2S. The van der Waals surface area contributed by atoms with Crippen LogP contribution in [0.25, 0.3) is 0 Å². The first-order valence-corrected chi connectivity index (χ1v) is 5.63. The molecule has 16 heavy (non-hydrogen) atoms. The van der Waals surface area contributed by atoms with Crippen molar-refractivity contribution in [1.29, 1.82) is 0 Å². The van der Waals surface area contributed by atoms with E-state index < -0.39 is 5.97 Å². The van der Waals surface area contributed by atoms with Gasteiger partial charge in [0.15, 0.2) is 0 Å². The quantitative estimate of drug-likeness (QED) is 0.882. The summed E-state index contributed by atoms with van der Waals surface area (Å²) in [6, 6.07) is 1.98. The molecule has 0 spiro atoms. The lowest BCUT2D eigenvalue weighted by Gasteiger charge is -2.00. The Morgan fingerprint density at radius 2 is 2.31 bits per heavy atom. The lowest BCUT2D eigenvalue weighted by atomic mass is 10.4. The number of aromatic carboxylic acids is 1. The summed E-state index contributed by atoms with van der Waals surface area (Å²) in [4.78, 5) is 14.7. The van der Waals surface area contributed by atoms with E-state index >= 15 is 0 Å². The van der Waals surface area contributed by atoms with E-state index in [1.54, 1.807) is 5.38 Å². The first-order valence-electron chi connectivity index (χ1n) is 4.75. The monoisotopic (exact) mass is 237 g/mol. The molecule has 0 bridgehead atoms. The molecule has 5 nitrogen and oxygen atoms in total. The second-order valence-electron chi connectivity index (χ2n) is 3.53. The third-order valence-electron chi connectivity index (χ3n) is 2.15. The highest BCUT2D eigenvalue weighted by molar-refractivity contribution is 7.11. The minimum atomic E-state index is -0.982. The minimum Gasteiger partial charge on any atom is -0.476 e. The number of hydrogen-bond donors (Lipinski definition) is 1. The zero-order valence-corrected chi connectivity index (χ0v) is 9.78. The van der Waals surface area contributed by atoms with E-state index in [4.69, 9.17) is 5.11 Å². The van der Waals surface area contributed by atoms with Gasteiger partial charge in [0.05, 0.1) is 17.9 Å². The van der Waals surface area contributed by atoms with Gasteiger partial charge in [0.1, 0.15) is 0 Å². The van der Waals surface area contributed by atoms with Gasteiger partial charge in [-0.25, -0.2) is 9.78 Å². The minimum absolute atomic E-state index is 0.122. The number of rotatable bonds is 3. The fourth-order valence-electron chi connectivity index (χ4n) is 1.47. The fraction of sp³-hybridized carbons (Fsp3) is 0.300. The Labute approximate surface area is 96.4 Å². The molecule has 0 saturated heterocycles. The molecule has 0 unspecified atom stereocenters. The van der Waals surface area contributed by atoms with E-state index in [0.717, 1.165) is 28.4 Å². The maximum atomic E-state index is 10.7. The summed E-state index contributed by atoms with van der Waals surface area (Å²) >= 11 is 1.14. The Balaban J connectivity index is 2.20. The molecule has 0 aliphatic rings. The van der Waals surface area contributed by atoms with Gasteiger partial charge < -0.3 is 5.11 Å². The van der Waals surface area contributed by atoms with E-state index in [2.05, 4.69) is 10.1 Å². The average Bonchev–Trinajstić information content (AvgIpc) is 2.75. The molecule has 2 aromatic rings. The first-order chi connectivity index (χ1) is 7.56. The maximum Gasteiger partial charge on any atom is 0.365 e. The topological polar surface area (TPSA) is 68.0 Å². The van der Waals surface area contributed by atoms with Gasteiger partial charge >= 0.3 is 5.97 Å². The molecule has 0 aliphatic heterocycles. The lowest BCUT2D eigenvalue weighted by Crippen LogP contribution is -2.05. The largest absolute Gasteiger partial charge is 0.476 e. The summed E-state index contributed by atoms with van der Waals surface area (Å²) in [5.41, 5.74) is 2.72. The van der Waals surface area contributed by atoms with Gasteiger partial charge in [0.2, 0.25) is 5.01 Å². The van der Waals surface area contributed by atoms with E-state index in [9.17, 15) is 4.79 Å². The van der Waals surface area contributed by atoms with Gasteiger partial charge in [-0.1, -0.05) is 0 Å². The predicted octanol–water partition coefficient (Wildman–Crippen LogP) is 1.70. The average molecular weight is 237 g/mol. The van der Waals surface area contributed by atoms with E-state index in [1.165, 1.54) is 0 Å². The van der Waals surface area contributed by atoms with Gasteiger partial charge in [-0.3, -0.25) is 4.68 Å². The van der Waals surface area contributed by atoms with Crippen LogP contribution in [-0.2, 0) is 6.54 Å². The number of thiazole rings is 1. The van der Waals surface area contributed by atoms with Crippen molar-refractivity contribution in [1.82, 2.24) is 14.8 Å². The van der Waals surface area contributed by atoms with Crippen molar-refractivity contribution in [2.24, 2.45) is 0 Å². The van der Waals surface area contributed by atoms with Crippen molar-refractivity contribution in [2.45, 2.75) is 20.4 Å². The van der Waals surface area contributed by atoms with Crippen LogP contribution in [0.15, 0.2) is 11.4 Å². The number of nitrogens with zero attached hydrogens (tertiary/aromatic N) is 3. The molecule has 0 fully saturated rings. The summed E-state index contributed by atoms with van der Waals surface area (Å²) in [5, 5.41) is 14.9. The zero-order chi connectivity index (χ0) is 11.7. The molecular weight excluding hydrogens is 226 g/mol. The van der Waals surface area contributed by atoms with Crippen LogP contribution >= 0.6 is 11.3 Å². The third-order valence-corrected chi connectivity index (χ3v) is 3.03.